The van der Waals surface area contributed by atoms with Crippen molar-refractivity contribution in [1.29, 1.82) is 0 Å². The first-order valence-corrected chi connectivity index (χ1v) is 9.78. The van der Waals surface area contributed by atoms with E-state index in [0.717, 1.165) is 32.4 Å². The van der Waals surface area contributed by atoms with Crippen molar-refractivity contribution in [3.63, 3.8) is 0 Å². The Labute approximate surface area is 141 Å². The van der Waals surface area contributed by atoms with Crippen LogP contribution in [0, 0.1) is 0 Å². The molecule has 0 radical (unpaired) electrons. The van der Waals surface area contributed by atoms with Crippen LogP contribution in [0.15, 0.2) is 91.0 Å². The molecule has 0 saturated heterocycles. The molecule has 1 nitrogen and oxygen atoms in total. The molecule has 4 aromatic carbocycles. The molecule has 24 heavy (non-hydrogen) atoms. The second-order valence-corrected chi connectivity index (χ2v) is 8.88. The van der Waals surface area contributed by atoms with Crippen LogP contribution in [0.4, 0.5) is 0 Å². The quantitative estimate of drug-likeness (QED) is 0.416. The normalized spacial score (nSPS) is 18.3. The van der Waals surface area contributed by atoms with Crippen LogP contribution in [0.1, 0.15) is 0 Å². The molecule has 0 spiro atoms. The minimum atomic E-state index is -2.81. The van der Waals surface area contributed by atoms with E-state index in [1.54, 1.807) is 0 Å². The Morgan fingerprint density at radius 3 is 1.96 bits per heavy atom. The van der Waals surface area contributed by atoms with Gasteiger partial charge >= 0.3 is 0 Å². The molecule has 0 amide bonds. The first-order valence-electron chi connectivity index (χ1n) is 8.07. The second kappa shape index (κ2) is 4.93. The Morgan fingerprint density at radius 2 is 1.17 bits per heavy atom. The van der Waals surface area contributed by atoms with Crippen LogP contribution in [0.2, 0.25) is 0 Å². The molecule has 1 heterocycles. The number of benzene rings is 4. The minimum absolute atomic E-state index is 0.909. The maximum absolute atomic E-state index is 14.3. The van der Waals surface area contributed by atoms with Crippen LogP contribution >= 0.6 is 7.14 Å². The SMILES string of the molecule is O=[P@@]1(c2ccccc2)c2ccccc2-c2cc3ccccc3cc21. The molecule has 114 valence electrons. The molecule has 0 saturated carbocycles. The summed E-state index contributed by atoms with van der Waals surface area (Å²) >= 11 is 0. The van der Waals surface area contributed by atoms with E-state index in [2.05, 4.69) is 30.3 Å². The van der Waals surface area contributed by atoms with E-state index in [9.17, 15) is 4.57 Å². The van der Waals surface area contributed by atoms with Gasteiger partial charge in [0.25, 0.3) is 0 Å². The van der Waals surface area contributed by atoms with Crippen molar-refractivity contribution in [2.45, 2.75) is 0 Å². The third-order valence-electron chi connectivity index (χ3n) is 4.86. The highest BCUT2D eigenvalue weighted by molar-refractivity contribution is 7.86. The van der Waals surface area contributed by atoms with Crippen LogP contribution in [0.3, 0.4) is 0 Å². The van der Waals surface area contributed by atoms with Crippen LogP contribution in [0.25, 0.3) is 21.9 Å². The summed E-state index contributed by atoms with van der Waals surface area (Å²) in [5.41, 5.74) is 2.21. The highest BCUT2D eigenvalue weighted by atomic mass is 31.2. The highest BCUT2D eigenvalue weighted by Crippen LogP contribution is 2.52. The Balaban J connectivity index is 1.94. The molecule has 1 aliphatic heterocycles. The van der Waals surface area contributed by atoms with E-state index in [1.165, 1.54) is 5.39 Å². The zero-order chi connectivity index (χ0) is 16.1. The Morgan fingerprint density at radius 1 is 0.542 bits per heavy atom. The Bertz CT molecular complexity index is 1130. The van der Waals surface area contributed by atoms with E-state index >= 15 is 0 Å². The lowest BCUT2D eigenvalue weighted by Crippen LogP contribution is -2.20. The van der Waals surface area contributed by atoms with Gasteiger partial charge in [0.2, 0.25) is 0 Å². The van der Waals surface area contributed by atoms with Crippen LogP contribution in [0.5, 0.6) is 0 Å². The molecule has 0 N–H and O–H groups in total. The van der Waals surface area contributed by atoms with Gasteiger partial charge in [-0.05, 0) is 34.0 Å². The predicted octanol–water partition coefficient (Wildman–Crippen LogP) is 4.46. The standard InChI is InChI=1S/C22H15OP/c23-24(18-10-2-1-3-11-18)21-13-7-6-12-19(21)20-14-16-8-4-5-9-17(16)15-22(20)24/h1-15H/t24-/m0/s1. The van der Waals surface area contributed by atoms with Gasteiger partial charge < -0.3 is 4.57 Å². The van der Waals surface area contributed by atoms with Crippen molar-refractivity contribution in [3.05, 3.63) is 91.0 Å². The van der Waals surface area contributed by atoms with E-state index < -0.39 is 7.14 Å². The van der Waals surface area contributed by atoms with Crippen molar-refractivity contribution in [1.82, 2.24) is 0 Å². The smallest absolute Gasteiger partial charge is 0.172 e. The number of rotatable bonds is 1. The van der Waals surface area contributed by atoms with Crippen molar-refractivity contribution in [3.8, 4) is 11.1 Å². The zero-order valence-corrected chi connectivity index (χ0v) is 13.9. The summed E-state index contributed by atoms with van der Waals surface area (Å²) in [5.74, 6) is 0. The number of fused-ring (bicyclic) bond motifs is 4. The largest absolute Gasteiger partial charge is 0.309 e. The maximum atomic E-state index is 14.3. The monoisotopic (exact) mass is 326 g/mol. The van der Waals surface area contributed by atoms with E-state index in [-0.39, 0.29) is 0 Å². The summed E-state index contributed by atoms with van der Waals surface area (Å²) in [6, 6.07) is 30.6. The average Bonchev–Trinajstić information content (AvgIpc) is 2.91. The molecule has 0 unspecified atom stereocenters. The average molecular weight is 326 g/mol. The van der Waals surface area contributed by atoms with Crippen molar-refractivity contribution in [2.24, 2.45) is 0 Å². The summed E-state index contributed by atoms with van der Waals surface area (Å²) in [5, 5.41) is 5.16. The highest BCUT2D eigenvalue weighted by Gasteiger charge is 2.39. The Kier molecular flexibility index (Phi) is 2.83. The van der Waals surface area contributed by atoms with Gasteiger partial charge in [-0.25, -0.2) is 0 Å². The lowest BCUT2D eigenvalue weighted by Gasteiger charge is -2.16. The van der Waals surface area contributed by atoms with Crippen LogP contribution in [-0.2, 0) is 4.57 Å². The summed E-state index contributed by atoms with van der Waals surface area (Å²) < 4.78 is 14.3. The zero-order valence-electron chi connectivity index (χ0n) is 13.0. The van der Waals surface area contributed by atoms with Crippen molar-refractivity contribution < 1.29 is 4.57 Å². The van der Waals surface area contributed by atoms with Gasteiger partial charge in [-0.2, -0.15) is 0 Å². The van der Waals surface area contributed by atoms with Gasteiger partial charge in [0, 0.05) is 15.9 Å². The van der Waals surface area contributed by atoms with E-state index in [0.29, 0.717) is 0 Å². The van der Waals surface area contributed by atoms with Crippen molar-refractivity contribution >= 4 is 33.8 Å². The van der Waals surface area contributed by atoms with Crippen LogP contribution < -0.4 is 15.9 Å². The fraction of sp³-hybridized carbons (Fsp3) is 0. The fourth-order valence-electron chi connectivity index (χ4n) is 3.73. The summed E-state index contributed by atoms with van der Waals surface area (Å²) in [4.78, 5) is 0. The molecule has 2 heteroatoms. The molecule has 4 aromatic rings. The molecule has 0 aliphatic carbocycles. The third kappa shape index (κ3) is 1.74. The van der Waals surface area contributed by atoms with Gasteiger partial charge in [0.15, 0.2) is 7.14 Å². The summed E-state index contributed by atoms with van der Waals surface area (Å²) in [6.45, 7) is 0. The number of hydrogen-bond acceptors (Lipinski definition) is 1. The lowest BCUT2D eigenvalue weighted by molar-refractivity contribution is 0.593. The van der Waals surface area contributed by atoms with Gasteiger partial charge in [-0.3, -0.25) is 0 Å². The summed E-state index contributed by atoms with van der Waals surface area (Å²) in [6.07, 6.45) is 0. The molecule has 5 rings (SSSR count). The molecule has 0 fully saturated rings. The van der Waals surface area contributed by atoms with Gasteiger partial charge in [-0.15, -0.1) is 0 Å². The van der Waals surface area contributed by atoms with Gasteiger partial charge in [0.05, 0.1) is 0 Å². The van der Waals surface area contributed by atoms with Gasteiger partial charge in [0.1, 0.15) is 0 Å². The molecule has 1 atom stereocenters. The fourth-order valence-corrected chi connectivity index (χ4v) is 6.81. The summed E-state index contributed by atoms with van der Waals surface area (Å²) in [7, 11) is -2.81. The third-order valence-corrected chi connectivity index (χ3v) is 8.00. The molecule has 0 aromatic heterocycles. The predicted molar refractivity (Wildman–Crippen MR) is 102 cm³/mol. The lowest BCUT2D eigenvalue weighted by atomic mass is 10.0. The Hall–Kier alpha value is -2.63. The van der Waals surface area contributed by atoms with Gasteiger partial charge in [-0.1, -0.05) is 78.9 Å². The topological polar surface area (TPSA) is 17.1 Å². The molecular formula is C22H15OP. The second-order valence-electron chi connectivity index (χ2n) is 6.18. The molecular weight excluding hydrogens is 311 g/mol. The minimum Gasteiger partial charge on any atom is -0.309 e. The number of hydrogen-bond donors (Lipinski definition) is 0. The first-order chi connectivity index (χ1) is 11.8. The van der Waals surface area contributed by atoms with E-state index in [4.69, 9.17) is 0 Å². The molecule has 1 aliphatic rings. The first kappa shape index (κ1) is 13.8. The van der Waals surface area contributed by atoms with Crippen LogP contribution in [-0.4, -0.2) is 0 Å². The van der Waals surface area contributed by atoms with Crippen molar-refractivity contribution in [2.75, 3.05) is 0 Å². The van der Waals surface area contributed by atoms with E-state index in [1.807, 2.05) is 60.7 Å². The maximum Gasteiger partial charge on any atom is 0.172 e. The molecule has 0 bridgehead atoms.